The Morgan fingerprint density at radius 2 is 1.85 bits per heavy atom. The van der Waals surface area contributed by atoms with Crippen molar-refractivity contribution in [1.29, 1.82) is 0 Å². The van der Waals surface area contributed by atoms with Crippen LogP contribution in [0.4, 0.5) is 26.3 Å². The van der Waals surface area contributed by atoms with Gasteiger partial charge in [0.1, 0.15) is 5.82 Å². The summed E-state index contributed by atoms with van der Waals surface area (Å²) in [6.45, 7) is -0.219. The van der Waals surface area contributed by atoms with Crippen molar-refractivity contribution in [3.05, 3.63) is 52.4 Å². The number of hydrogen-bond acceptors (Lipinski definition) is 5. The second-order valence-corrected chi connectivity index (χ2v) is 8.34. The zero-order chi connectivity index (χ0) is 24.9. The summed E-state index contributed by atoms with van der Waals surface area (Å²) < 4.78 is 86.6. The molecule has 1 fully saturated rings. The highest BCUT2D eigenvalue weighted by Gasteiger charge is 2.50. The van der Waals surface area contributed by atoms with Crippen molar-refractivity contribution in [3.8, 4) is 0 Å². The number of rotatable bonds is 5. The number of nitrogens with two attached hydrogens (primary N) is 1. The van der Waals surface area contributed by atoms with E-state index in [4.69, 9.17) is 5.73 Å². The van der Waals surface area contributed by atoms with Crippen LogP contribution in [0.5, 0.6) is 0 Å². The van der Waals surface area contributed by atoms with Crippen LogP contribution in [-0.4, -0.2) is 45.5 Å². The Morgan fingerprint density at radius 1 is 1.18 bits per heavy atom. The largest absolute Gasteiger partial charge is 0.464 e. The number of halogens is 6. The van der Waals surface area contributed by atoms with Crippen molar-refractivity contribution in [3.63, 3.8) is 0 Å². The van der Waals surface area contributed by atoms with Crippen LogP contribution >= 0.6 is 0 Å². The molecule has 2 aliphatic heterocycles. The summed E-state index contributed by atoms with van der Waals surface area (Å²) in [5, 5.41) is 0. The van der Waals surface area contributed by atoms with Crippen LogP contribution < -0.4 is 5.73 Å². The Kier molecular flexibility index (Phi) is 6.08. The average molecular weight is 490 g/mol. The van der Waals surface area contributed by atoms with Gasteiger partial charge in [0.2, 0.25) is 11.7 Å². The van der Waals surface area contributed by atoms with Gasteiger partial charge in [-0.3, -0.25) is 4.79 Å². The number of nitrogens with zero attached hydrogens (tertiary/aromatic N) is 3. The number of hydrogen-bond donors (Lipinski definition) is 1. The molecule has 0 spiro atoms. The van der Waals surface area contributed by atoms with E-state index in [0.29, 0.717) is 25.0 Å². The van der Waals surface area contributed by atoms with Gasteiger partial charge in [-0.05, 0) is 30.9 Å². The van der Waals surface area contributed by atoms with Crippen LogP contribution in [0.3, 0.4) is 0 Å². The maximum Gasteiger partial charge on any atom is 0.449 e. The van der Waals surface area contributed by atoms with Gasteiger partial charge in [-0.15, -0.1) is 0 Å². The van der Waals surface area contributed by atoms with E-state index in [9.17, 15) is 35.9 Å². The molecule has 2 aromatic rings. The summed E-state index contributed by atoms with van der Waals surface area (Å²) in [7, 11) is 1.01. The summed E-state index contributed by atoms with van der Waals surface area (Å²) >= 11 is 0. The Balaban J connectivity index is 1.58. The standard InChI is InChI=1S/C21H20F6N4O3/c1-34-19(33)17-18-15-3-2-11(8-30(18)20(29-17)21(25,26)27)31(15)16(32)6-10(28)4-9-5-13(23)14(24)7-12(9)22/h5,7,10-11,15H,2-4,6,8,28H2,1H3/t10-,11-,15?/m1/s1. The number of esters is 1. The lowest BCUT2D eigenvalue weighted by atomic mass is 10.0. The van der Waals surface area contributed by atoms with Gasteiger partial charge < -0.3 is 19.9 Å². The molecular weight excluding hydrogens is 470 g/mol. The van der Waals surface area contributed by atoms with Gasteiger partial charge in [-0.25, -0.2) is 22.9 Å². The van der Waals surface area contributed by atoms with Crippen LogP contribution in [0.25, 0.3) is 0 Å². The van der Waals surface area contributed by atoms with Crippen molar-refractivity contribution in [1.82, 2.24) is 14.5 Å². The number of amides is 1. The highest BCUT2D eigenvalue weighted by atomic mass is 19.4. The molecule has 0 saturated carbocycles. The quantitative estimate of drug-likeness (QED) is 0.395. The molecule has 3 atom stereocenters. The summed E-state index contributed by atoms with van der Waals surface area (Å²) in [6.07, 6.45) is -4.70. The first-order chi connectivity index (χ1) is 15.9. The highest BCUT2D eigenvalue weighted by molar-refractivity contribution is 5.89. The van der Waals surface area contributed by atoms with Crippen LogP contribution in [0, 0.1) is 17.5 Å². The number of carbonyl (C=O) groups is 2. The molecule has 2 N–H and O–H groups in total. The number of alkyl halides is 3. The number of fused-ring (bicyclic) bond motifs is 4. The lowest BCUT2D eigenvalue weighted by Crippen LogP contribution is -2.46. The van der Waals surface area contributed by atoms with Gasteiger partial charge >= 0.3 is 12.1 Å². The number of carbonyl (C=O) groups excluding carboxylic acids is 2. The Bertz CT molecular complexity index is 1150. The minimum atomic E-state index is -4.82. The van der Waals surface area contributed by atoms with E-state index in [0.717, 1.165) is 11.7 Å². The first-order valence-electron chi connectivity index (χ1n) is 10.4. The van der Waals surface area contributed by atoms with E-state index in [1.165, 1.54) is 4.90 Å². The minimum Gasteiger partial charge on any atom is -0.464 e. The van der Waals surface area contributed by atoms with Crippen molar-refractivity contribution >= 4 is 11.9 Å². The normalized spacial score (nSPS) is 20.3. The van der Waals surface area contributed by atoms with Crippen molar-refractivity contribution in [2.45, 2.75) is 56.5 Å². The van der Waals surface area contributed by atoms with Crippen molar-refractivity contribution in [2.75, 3.05) is 7.11 Å². The summed E-state index contributed by atoms with van der Waals surface area (Å²) in [5.41, 5.74) is 5.20. The molecule has 4 rings (SSSR count). The van der Waals surface area contributed by atoms with Crippen LogP contribution in [0.2, 0.25) is 0 Å². The van der Waals surface area contributed by atoms with Crippen LogP contribution in [-0.2, 0) is 28.7 Å². The number of ether oxygens (including phenoxy) is 1. The Morgan fingerprint density at radius 3 is 2.50 bits per heavy atom. The van der Waals surface area contributed by atoms with Crippen molar-refractivity contribution in [2.24, 2.45) is 5.73 Å². The van der Waals surface area contributed by atoms with Crippen LogP contribution in [0.1, 0.15) is 52.9 Å². The number of methoxy groups -OCH3 is 1. The second-order valence-electron chi connectivity index (χ2n) is 8.34. The van der Waals surface area contributed by atoms with Crippen LogP contribution in [0.15, 0.2) is 12.1 Å². The Hall–Kier alpha value is -3.09. The van der Waals surface area contributed by atoms with Gasteiger partial charge in [-0.2, -0.15) is 13.2 Å². The Labute approximate surface area is 189 Å². The topological polar surface area (TPSA) is 90.5 Å². The molecular formula is C21H20F6N4O3. The number of imidazole rings is 1. The summed E-state index contributed by atoms with van der Waals surface area (Å²) in [5.74, 6) is -6.43. The molecule has 1 aromatic heterocycles. The molecule has 2 bridgehead atoms. The predicted octanol–water partition coefficient (Wildman–Crippen LogP) is 3.11. The van der Waals surface area contributed by atoms with Gasteiger partial charge in [0.15, 0.2) is 17.3 Å². The molecule has 1 saturated heterocycles. The predicted molar refractivity (Wildman–Crippen MR) is 104 cm³/mol. The first kappa shape index (κ1) is 24.0. The second kappa shape index (κ2) is 8.60. The molecule has 1 aromatic carbocycles. The van der Waals surface area contributed by atoms with Gasteiger partial charge in [0.05, 0.1) is 24.9 Å². The molecule has 1 amide bonds. The third-order valence-corrected chi connectivity index (χ3v) is 6.15. The van der Waals surface area contributed by atoms with E-state index in [2.05, 4.69) is 9.72 Å². The molecule has 34 heavy (non-hydrogen) atoms. The summed E-state index contributed by atoms with van der Waals surface area (Å²) in [4.78, 5) is 30.1. The van der Waals surface area contributed by atoms with Gasteiger partial charge in [0, 0.05) is 25.1 Å². The minimum absolute atomic E-state index is 0.0542. The van der Waals surface area contributed by atoms with Gasteiger partial charge in [-0.1, -0.05) is 0 Å². The monoisotopic (exact) mass is 490 g/mol. The maximum atomic E-state index is 13.9. The van der Waals surface area contributed by atoms with Crippen molar-refractivity contribution < 1.29 is 40.7 Å². The zero-order valence-electron chi connectivity index (χ0n) is 17.8. The van der Waals surface area contributed by atoms with E-state index in [1.54, 1.807) is 0 Å². The lowest BCUT2D eigenvalue weighted by Gasteiger charge is -2.37. The third kappa shape index (κ3) is 4.12. The third-order valence-electron chi connectivity index (χ3n) is 6.15. The number of aromatic nitrogens is 2. The smallest absolute Gasteiger partial charge is 0.449 e. The van der Waals surface area contributed by atoms with E-state index in [1.807, 2.05) is 0 Å². The zero-order valence-corrected chi connectivity index (χ0v) is 17.8. The molecule has 3 heterocycles. The first-order valence-corrected chi connectivity index (χ1v) is 10.4. The molecule has 7 nitrogen and oxygen atoms in total. The lowest BCUT2D eigenvalue weighted by molar-refractivity contribution is -0.148. The fourth-order valence-electron chi connectivity index (χ4n) is 4.77. The highest BCUT2D eigenvalue weighted by Crippen LogP contribution is 2.45. The fraction of sp³-hybridized carbons (Fsp3) is 0.476. The molecule has 0 radical (unpaired) electrons. The fourth-order valence-corrected chi connectivity index (χ4v) is 4.77. The van der Waals surface area contributed by atoms with Gasteiger partial charge in [0.25, 0.3) is 0 Å². The number of benzene rings is 1. The average Bonchev–Trinajstić information content (AvgIpc) is 3.29. The maximum absolute atomic E-state index is 13.9. The van der Waals surface area contributed by atoms with E-state index in [-0.39, 0.29) is 30.6 Å². The SMILES string of the molecule is COC(=O)c1nc(C(F)(F)F)n2c1C1CC[C@H](C2)N1C(=O)C[C@H](N)Cc1cc(F)c(F)cc1F. The molecule has 13 heteroatoms. The van der Waals surface area contributed by atoms with E-state index < -0.39 is 65.1 Å². The molecule has 0 aliphatic carbocycles. The molecule has 2 aliphatic rings. The summed E-state index contributed by atoms with van der Waals surface area (Å²) in [6, 6.07) is -1.35. The molecule has 184 valence electrons. The molecule has 1 unspecified atom stereocenters. The van der Waals surface area contributed by atoms with E-state index >= 15 is 0 Å².